The molecule has 2 heterocycles. The molecule has 17 heavy (non-hydrogen) atoms. The first-order valence-electron chi connectivity index (χ1n) is 2.83. The van der Waals surface area contributed by atoms with Crippen molar-refractivity contribution in [2.75, 3.05) is 0 Å². The van der Waals surface area contributed by atoms with Gasteiger partial charge in [-0.2, -0.15) is 0 Å². The molecule has 0 aromatic heterocycles. The van der Waals surface area contributed by atoms with Gasteiger partial charge in [0.05, 0.1) is 0 Å². The molecule has 0 spiro atoms. The van der Waals surface area contributed by atoms with Gasteiger partial charge in [0, 0.05) is 0 Å². The monoisotopic (exact) mass is 306 g/mol. The van der Waals surface area contributed by atoms with Gasteiger partial charge < -0.3 is 54.8 Å². The zero-order chi connectivity index (χ0) is 7.84. The summed E-state index contributed by atoms with van der Waals surface area (Å²) in [6.07, 6.45) is 0. The molecule has 0 saturated carbocycles. The molecule has 2 aliphatic heterocycles. The fourth-order valence-electron chi connectivity index (χ4n) is 0.710. The quantitative estimate of drug-likeness (QED) is 0.392. The molecule has 0 aromatic carbocycles. The number of fused-ring (bicyclic) bond motifs is 2. The molecule has 0 amide bonds. The van der Waals surface area contributed by atoms with Crippen LogP contribution in [0, 0.1) is 0 Å². The Bertz CT molecular complexity index is 127. The van der Waals surface area contributed by atoms with E-state index in [1.54, 1.807) is 0 Å². The van der Waals surface area contributed by atoms with Crippen LogP contribution < -0.4 is 113 Å². The molecule has 8 N–H and O–H groups in total. The Morgan fingerprint density at radius 2 is 0.765 bits per heavy atom. The maximum absolute atomic E-state index is 10.5. The summed E-state index contributed by atoms with van der Waals surface area (Å²) in [5.41, 5.74) is 0. The van der Waals surface area contributed by atoms with Crippen LogP contribution in [-0.2, 0) is 22.9 Å². The van der Waals surface area contributed by atoms with Gasteiger partial charge in [-0.25, -0.2) is 0 Å². The molecule has 2 aliphatic rings. The van der Waals surface area contributed by atoms with Crippen molar-refractivity contribution in [1.29, 1.82) is 0 Å². The molecule has 0 aromatic rings. The van der Waals surface area contributed by atoms with Gasteiger partial charge in [-0.1, -0.05) is 0 Å². The molecular weight excluding hydrogens is 297 g/mol. The Kier molecular flexibility index (Phi) is 29.3. The predicted octanol–water partition coefficient (Wildman–Crippen LogP) is -13.5. The van der Waals surface area contributed by atoms with Gasteiger partial charge in [-0.15, -0.1) is 0 Å². The van der Waals surface area contributed by atoms with Gasteiger partial charge in [0.25, 0.3) is 0 Å². The summed E-state index contributed by atoms with van der Waals surface area (Å²) < 4.78 is 21.9. The second-order valence-electron chi connectivity index (χ2n) is 1.84. The van der Waals surface area contributed by atoms with Crippen molar-refractivity contribution in [1.82, 2.24) is 0 Å². The van der Waals surface area contributed by atoms with E-state index in [4.69, 9.17) is 0 Å². The van der Waals surface area contributed by atoms with E-state index in [1.807, 2.05) is 0 Å². The van der Waals surface area contributed by atoms with Crippen molar-refractivity contribution in [3.63, 3.8) is 0 Å². The summed E-state index contributed by atoms with van der Waals surface area (Å²) in [5.74, 6) is 0. The Morgan fingerprint density at radius 3 is 1.00 bits per heavy atom. The molecule has 0 aliphatic carbocycles. The zero-order valence-corrected chi connectivity index (χ0v) is 15.4. The molecular formula is H8B4K2O11. The molecule has 17 heteroatoms. The van der Waals surface area contributed by atoms with E-state index in [2.05, 4.69) is 22.9 Å². The van der Waals surface area contributed by atoms with E-state index in [1.165, 1.54) is 0 Å². The van der Waals surface area contributed by atoms with E-state index >= 15 is 0 Å². The van der Waals surface area contributed by atoms with E-state index in [-0.39, 0.29) is 125 Å². The third-order valence-corrected chi connectivity index (χ3v) is 1.11. The predicted molar refractivity (Wildman–Crippen MR) is 42.9 cm³/mol. The minimum absolute atomic E-state index is 0. The van der Waals surface area contributed by atoms with Crippen LogP contribution in [0.25, 0.3) is 0 Å². The second-order valence-corrected chi connectivity index (χ2v) is 1.84. The Hall–Kier alpha value is 3.09. The molecule has 2 fully saturated rings. The van der Waals surface area contributed by atoms with Gasteiger partial charge in [0.1, 0.15) is 0 Å². The smallest absolute Gasteiger partial charge is 0.833 e. The van der Waals surface area contributed by atoms with Crippen molar-refractivity contribution in [2.24, 2.45) is 0 Å². The summed E-state index contributed by atoms with van der Waals surface area (Å²) in [5, 5.41) is 21.0. The minimum Gasteiger partial charge on any atom is -0.833 e. The molecule has 2 bridgehead atoms. The maximum Gasteiger partial charge on any atom is 1.00 e. The maximum atomic E-state index is 10.5. The molecule has 2 saturated heterocycles. The Morgan fingerprint density at radius 1 is 0.529 bits per heavy atom. The second kappa shape index (κ2) is 15.5. The fourth-order valence-corrected chi connectivity index (χ4v) is 0.710. The van der Waals surface area contributed by atoms with E-state index < -0.39 is 29.3 Å². The van der Waals surface area contributed by atoms with Crippen LogP contribution in [0.5, 0.6) is 0 Å². The SMILES string of the molecule is O.O.O.O.[K+].[K+].[O-]B1OB2OB([O-])OB(O1)O2. The first-order chi connectivity index (χ1) is 5.24. The van der Waals surface area contributed by atoms with Crippen molar-refractivity contribution in [2.45, 2.75) is 0 Å². The van der Waals surface area contributed by atoms with Crippen molar-refractivity contribution < 1.29 is 158 Å². The van der Waals surface area contributed by atoms with Crippen LogP contribution in [0.15, 0.2) is 0 Å². The normalized spacial score (nSPS) is 15.9. The Labute approximate surface area is 183 Å². The first-order valence-corrected chi connectivity index (χ1v) is 2.83. The van der Waals surface area contributed by atoms with E-state index in [0.29, 0.717) is 0 Å². The van der Waals surface area contributed by atoms with Crippen molar-refractivity contribution in [3.8, 4) is 0 Å². The Balaban J connectivity index is -0.0000000800. The van der Waals surface area contributed by atoms with Crippen molar-refractivity contribution in [3.05, 3.63) is 0 Å². The van der Waals surface area contributed by atoms with Gasteiger partial charge in [-0.3, -0.25) is 0 Å². The average Bonchev–Trinajstić information content (AvgIpc) is 1.82. The molecule has 88 valence electrons. The van der Waals surface area contributed by atoms with Gasteiger partial charge in [-0.05, 0) is 0 Å². The standard InChI is InChI=1S/B4O7.2K.4H2O/c5-1-7-3-9-2(6)10-4(8-1)11-3;;;;;;/h;;;4*1H2/q-2;2*+1;;;;. The number of rotatable bonds is 0. The van der Waals surface area contributed by atoms with Crippen LogP contribution in [0.4, 0.5) is 0 Å². The fraction of sp³-hybridized carbons (Fsp3) is 0. The van der Waals surface area contributed by atoms with E-state index in [9.17, 15) is 10.0 Å². The number of hydrogen-bond donors (Lipinski definition) is 0. The van der Waals surface area contributed by atoms with Gasteiger partial charge in [0.2, 0.25) is 0 Å². The van der Waals surface area contributed by atoms with Crippen LogP contribution >= 0.6 is 0 Å². The molecule has 0 unspecified atom stereocenters. The van der Waals surface area contributed by atoms with Crippen LogP contribution in [0.1, 0.15) is 0 Å². The van der Waals surface area contributed by atoms with Crippen LogP contribution in [-0.4, -0.2) is 51.2 Å². The number of hydrogen-bond acceptors (Lipinski definition) is 7. The minimum atomic E-state index is -1.73. The average molecular weight is 305 g/mol. The van der Waals surface area contributed by atoms with Gasteiger partial charge in [0.15, 0.2) is 0 Å². The summed E-state index contributed by atoms with van der Waals surface area (Å²) >= 11 is 0. The summed E-state index contributed by atoms with van der Waals surface area (Å²) in [6, 6.07) is 0. The van der Waals surface area contributed by atoms with Gasteiger partial charge >= 0.3 is 132 Å². The molecule has 11 nitrogen and oxygen atoms in total. The topological polar surface area (TPSA) is 218 Å². The largest absolute Gasteiger partial charge is 1.00 e. The summed E-state index contributed by atoms with van der Waals surface area (Å²) in [7, 11) is -6.00. The third-order valence-electron chi connectivity index (χ3n) is 1.11. The summed E-state index contributed by atoms with van der Waals surface area (Å²) in [6.45, 7) is 0. The molecule has 0 radical (unpaired) electrons. The van der Waals surface area contributed by atoms with Crippen LogP contribution in [0.2, 0.25) is 0 Å². The molecule has 0 atom stereocenters. The third kappa shape index (κ3) is 10.5. The van der Waals surface area contributed by atoms with E-state index in [0.717, 1.165) is 0 Å². The first kappa shape index (κ1) is 32.2. The van der Waals surface area contributed by atoms with Crippen LogP contribution in [0.3, 0.4) is 0 Å². The molecule has 2 rings (SSSR count). The summed E-state index contributed by atoms with van der Waals surface area (Å²) in [4.78, 5) is 0. The zero-order valence-electron chi connectivity index (χ0n) is 9.17. The van der Waals surface area contributed by atoms with Crippen molar-refractivity contribution >= 4 is 29.3 Å².